The zero-order chi connectivity index (χ0) is 16.4. The molecule has 1 aliphatic rings. The standard InChI is InChI=1S/C18H25N3O/c1-17(2,3)14-7-5-6-8-15(14)20-11-16(22)21-18(4,12-19)13-9-10-13/h5-8,13,20H,9-11H2,1-4H3,(H,21,22). The molecule has 22 heavy (non-hydrogen) atoms. The summed E-state index contributed by atoms with van der Waals surface area (Å²) in [5.74, 6) is 0.156. The van der Waals surface area contributed by atoms with Gasteiger partial charge in [0.25, 0.3) is 0 Å². The Kier molecular flexibility index (Phi) is 4.46. The van der Waals surface area contributed by atoms with Crippen molar-refractivity contribution >= 4 is 11.6 Å². The molecule has 4 nitrogen and oxygen atoms in total. The average Bonchev–Trinajstić information content (AvgIpc) is 3.29. The number of carbonyl (C=O) groups excluding carboxylic acids is 1. The van der Waals surface area contributed by atoms with Crippen LogP contribution < -0.4 is 10.6 Å². The van der Waals surface area contributed by atoms with Gasteiger partial charge in [-0.1, -0.05) is 39.0 Å². The summed E-state index contributed by atoms with van der Waals surface area (Å²) in [5.41, 5.74) is 1.42. The Morgan fingerprint density at radius 3 is 2.45 bits per heavy atom. The Labute approximate surface area is 132 Å². The molecule has 0 radical (unpaired) electrons. The zero-order valence-electron chi connectivity index (χ0n) is 13.9. The predicted molar refractivity (Wildman–Crippen MR) is 88.5 cm³/mol. The molecule has 0 bridgehead atoms. The summed E-state index contributed by atoms with van der Waals surface area (Å²) < 4.78 is 0. The summed E-state index contributed by atoms with van der Waals surface area (Å²) in [6, 6.07) is 10.3. The summed E-state index contributed by atoms with van der Waals surface area (Å²) in [6.45, 7) is 8.43. The smallest absolute Gasteiger partial charge is 0.240 e. The molecule has 1 aromatic carbocycles. The number of carbonyl (C=O) groups is 1. The molecule has 0 saturated heterocycles. The molecular formula is C18H25N3O. The molecular weight excluding hydrogens is 274 g/mol. The van der Waals surface area contributed by atoms with Crippen molar-refractivity contribution in [1.29, 1.82) is 5.26 Å². The molecule has 1 atom stereocenters. The molecule has 118 valence electrons. The van der Waals surface area contributed by atoms with E-state index in [0.29, 0.717) is 5.92 Å². The number of hydrogen-bond donors (Lipinski definition) is 2. The zero-order valence-corrected chi connectivity index (χ0v) is 13.9. The van der Waals surface area contributed by atoms with Gasteiger partial charge in [-0.05, 0) is 42.7 Å². The molecule has 0 aliphatic heterocycles. The number of benzene rings is 1. The highest BCUT2D eigenvalue weighted by Gasteiger charge is 2.42. The summed E-state index contributed by atoms with van der Waals surface area (Å²) in [5, 5.41) is 15.4. The molecule has 1 aromatic rings. The van der Waals surface area contributed by atoms with E-state index in [1.807, 2.05) is 25.1 Å². The third-order valence-electron chi connectivity index (χ3n) is 4.20. The van der Waals surface area contributed by atoms with Gasteiger partial charge in [-0.15, -0.1) is 0 Å². The summed E-state index contributed by atoms with van der Waals surface area (Å²) >= 11 is 0. The number of anilines is 1. The fraction of sp³-hybridized carbons (Fsp3) is 0.556. The van der Waals surface area contributed by atoms with Crippen molar-refractivity contribution in [1.82, 2.24) is 5.32 Å². The Bertz CT molecular complexity index is 593. The van der Waals surface area contributed by atoms with Crippen LogP contribution in [0.5, 0.6) is 0 Å². The van der Waals surface area contributed by atoms with Crippen molar-refractivity contribution in [3.63, 3.8) is 0 Å². The number of amides is 1. The monoisotopic (exact) mass is 299 g/mol. The third-order valence-corrected chi connectivity index (χ3v) is 4.20. The van der Waals surface area contributed by atoms with E-state index >= 15 is 0 Å². The highest BCUT2D eigenvalue weighted by Crippen LogP contribution is 2.39. The molecule has 1 aliphatic carbocycles. The Balaban J connectivity index is 1.99. The van der Waals surface area contributed by atoms with Crippen LogP contribution in [0.25, 0.3) is 0 Å². The minimum absolute atomic E-state index is 0.00918. The van der Waals surface area contributed by atoms with Crippen LogP contribution in [0.15, 0.2) is 24.3 Å². The number of nitrogens with one attached hydrogen (secondary N) is 2. The van der Waals surface area contributed by atoms with Crippen LogP contribution in [-0.4, -0.2) is 18.0 Å². The van der Waals surface area contributed by atoms with Crippen molar-refractivity contribution in [2.45, 2.75) is 51.5 Å². The average molecular weight is 299 g/mol. The number of nitrogens with zero attached hydrogens (tertiary/aromatic N) is 1. The topological polar surface area (TPSA) is 64.9 Å². The van der Waals surface area contributed by atoms with Gasteiger partial charge in [0.05, 0.1) is 12.6 Å². The van der Waals surface area contributed by atoms with Gasteiger partial charge in [0.2, 0.25) is 5.91 Å². The van der Waals surface area contributed by atoms with Crippen LogP contribution >= 0.6 is 0 Å². The summed E-state index contributed by atoms with van der Waals surface area (Å²) in [7, 11) is 0. The molecule has 1 saturated carbocycles. The Morgan fingerprint density at radius 2 is 1.91 bits per heavy atom. The van der Waals surface area contributed by atoms with Gasteiger partial charge in [-0.3, -0.25) is 4.79 Å². The lowest BCUT2D eigenvalue weighted by atomic mass is 9.86. The normalized spacial score (nSPS) is 17.2. The Hall–Kier alpha value is -2.02. The second kappa shape index (κ2) is 6.00. The van der Waals surface area contributed by atoms with Crippen molar-refractivity contribution in [3.8, 4) is 6.07 Å². The SMILES string of the molecule is CC(C)(C)c1ccccc1NCC(=O)NC(C)(C#N)C1CC1. The fourth-order valence-corrected chi connectivity index (χ4v) is 2.68. The van der Waals surface area contributed by atoms with Gasteiger partial charge in [-0.2, -0.15) is 5.26 Å². The minimum atomic E-state index is -0.734. The maximum atomic E-state index is 12.2. The first kappa shape index (κ1) is 16.4. The highest BCUT2D eigenvalue weighted by atomic mass is 16.2. The molecule has 0 heterocycles. The Morgan fingerprint density at radius 1 is 1.27 bits per heavy atom. The van der Waals surface area contributed by atoms with Crippen molar-refractivity contribution in [3.05, 3.63) is 29.8 Å². The lowest BCUT2D eigenvalue weighted by Crippen LogP contribution is -2.48. The molecule has 1 amide bonds. The highest BCUT2D eigenvalue weighted by molar-refractivity contribution is 5.82. The second-order valence-corrected chi connectivity index (χ2v) is 7.29. The molecule has 0 aromatic heterocycles. The maximum Gasteiger partial charge on any atom is 0.240 e. The molecule has 2 rings (SSSR count). The van der Waals surface area contributed by atoms with E-state index in [9.17, 15) is 10.1 Å². The molecule has 0 spiro atoms. The molecule has 4 heteroatoms. The first-order valence-electron chi connectivity index (χ1n) is 7.82. The predicted octanol–water partition coefficient (Wildman–Crippen LogP) is 3.20. The van der Waals surface area contributed by atoms with Crippen LogP contribution in [0.4, 0.5) is 5.69 Å². The first-order valence-corrected chi connectivity index (χ1v) is 7.82. The third kappa shape index (κ3) is 3.79. The van der Waals surface area contributed by atoms with E-state index in [1.54, 1.807) is 0 Å². The van der Waals surface area contributed by atoms with E-state index < -0.39 is 5.54 Å². The largest absolute Gasteiger partial charge is 0.376 e. The van der Waals surface area contributed by atoms with E-state index in [2.05, 4.69) is 43.5 Å². The van der Waals surface area contributed by atoms with Gasteiger partial charge < -0.3 is 10.6 Å². The molecule has 1 unspecified atom stereocenters. The summed E-state index contributed by atoms with van der Waals surface area (Å²) in [6.07, 6.45) is 2.04. The first-order chi connectivity index (χ1) is 10.3. The van der Waals surface area contributed by atoms with E-state index in [-0.39, 0.29) is 17.9 Å². The van der Waals surface area contributed by atoms with Crippen LogP contribution in [0.2, 0.25) is 0 Å². The van der Waals surface area contributed by atoms with Crippen LogP contribution in [0, 0.1) is 17.2 Å². The lowest BCUT2D eigenvalue weighted by molar-refractivity contribution is -0.120. The molecule has 1 fully saturated rings. The van der Waals surface area contributed by atoms with E-state index in [1.165, 1.54) is 5.56 Å². The van der Waals surface area contributed by atoms with E-state index in [4.69, 9.17) is 0 Å². The van der Waals surface area contributed by atoms with Crippen LogP contribution in [0.3, 0.4) is 0 Å². The summed E-state index contributed by atoms with van der Waals surface area (Å²) in [4.78, 5) is 12.2. The number of hydrogen-bond acceptors (Lipinski definition) is 3. The van der Waals surface area contributed by atoms with Gasteiger partial charge >= 0.3 is 0 Å². The van der Waals surface area contributed by atoms with Crippen LogP contribution in [-0.2, 0) is 10.2 Å². The van der Waals surface area contributed by atoms with Crippen molar-refractivity contribution in [2.75, 3.05) is 11.9 Å². The number of rotatable bonds is 5. The second-order valence-electron chi connectivity index (χ2n) is 7.29. The lowest BCUT2D eigenvalue weighted by Gasteiger charge is -2.25. The van der Waals surface area contributed by atoms with Gasteiger partial charge in [0.15, 0.2) is 0 Å². The minimum Gasteiger partial charge on any atom is -0.376 e. The fourth-order valence-electron chi connectivity index (χ4n) is 2.68. The van der Waals surface area contributed by atoms with Crippen molar-refractivity contribution < 1.29 is 4.79 Å². The van der Waals surface area contributed by atoms with Crippen molar-refractivity contribution in [2.24, 2.45) is 5.92 Å². The van der Waals surface area contributed by atoms with Crippen LogP contribution in [0.1, 0.15) is 46.1 Å². The molecule has 2 N–H and O–H groups in total. The van der Waals surface area contributed by atoms with Gasteiger partial charge in [0.1, 0.15) is 5.54 Å². The maximum absolute atomic E-state index is 12.2. The van der Waals surface area contributed by atoms with Gasteiger partial charge in [0, 0.05) is 5.69 Å². The number of para-hydroxylation sites is 1. The quantitative estimate of drug-likeness (QED) is 0.877. The van der Waals surface area contributed by atoms with E-state index in [0.717, 1.165) is 18.5 Å². The number of nitriles is 1. The van der Waals surface area contributed by atoms with Gasteiger partial charge in [-0.25, -0.2) is 0 Å².